The minimum atomic E-state index is -3.22. The predicted molar refractivity (Wildman–Crippen MR) is 29.8 cm³/mol. The third-order valence-electron chi connectivity index (χ3n) is 1.37. The largest absolute Gasteiger partial charge is 0.480 e. The van der Waals surface area contributed by atoms with Crippen molar-refractivity contribution in [1.82, 2.24) is 0 Å². The summed E-state index contributed by atoms with van der Waals surface area (Å²) in [6, 6.07) is 0. The number of carbonyl (C=O) groups is 1. The van der Waals surface area contributed by atoms with Crippen LogP contribution in [-0.2, 0) is 14.6 Å². The standard InChI is InChI=1S/C4H6O4S/c5-4(6)3-1-2-9(3,7)8/h3H,1-2H2,(H,5,6). The van der Waals surface area contributed by atoms with E-state index in [-0.39, 0.29) is 12.2 Å². The first-order chi connectivity index (χ1) is 4.04. The van der Waals surface area contributed by atoms with Crippen LogP contribution in [0.3, 0.4) is 0 Å². The van der Waals surface area contributed by atoms with Crippen molar-refractivity contribution in [1.29, 1.82) is 0 Å². The first-order valence-electron chi connectivity index (χ1n) is 2.48. The number of hydrogen-bond acceptors (Lipinski definition) is 3. The molecule has 0 aliphatic carbocycles. The molecule has 1 aliphatic rings. The zero-order chi connectivity index (χ0) is 7.07. The van der Waals surface area contributed by atoms with E-state index in [0.717, 1.165) is 0 Å². The molecular weight excluding hydrogens is 144 g/mol. The highest BCUT2D eigenvalue weighted by molar-refractivity contribution is 7.94. The third kappa shape index (κ3) is 0.917. The number of carboxylic acids is 1. The average Bonchev–Trinajstić information content (AvgIpc) is 1.62. The number of sulfone groups is 1. The second-order valence-corrected chi connectivity index (χ2v) is 4.29. The van der Waals surface area contributed by atoms with Gasteiger partial charge in [-0.15, -0.1) is 0 Å². The molecule has 1 fully saturated rings. The van der Waals surface area contributed by atoms with Crippen LogP contribution in [0.4, 0.5) is 0 Å². The van der Waals surface area contributed by atoms with E-state index in [4.69, 9.17) is 5.11 Å². The predicted octanol–water partition coefficient (Wildman–Crippen LogP) is -0.742. The molecule has 1 rings (SSSR count). The fourth-order valence-corrected chi connectivity index (χ4v) is 1.87. The number of aliphatic carboxylic acids is 1. The van der Waals surface area contributed by atoms with Crippen molar-refractivity contribution in [2.45, 2.75) is 11.7 Å². The molecule has 0 saturated carbocycles. The maximum absolute atomic E-state index is 10.5. The Kier molecular flexibility index (Phi) is 1.23. The van der Waals surface area contributed by atoms with Gasteiger partial charge in [0, 0.05) is 0 Å². The summed E-state index contributed by atoms with van der Waals surface area (Å²) in [5.41, 5.74) is 0. The molecule has 1 saturated heterocycles. The van der Waals surface area contributed by atoms with E-state index in [1.165, 1.54) is 0 Å². The van der Waals surface area contributed by atoms with Gasteiger partial charge in [-0.3, -0.25) is 4.79 Å². The maximum atomic E-state index is 10.5. The molecule has 1 N–H and O–H groups in total. The Morgan fingerprint density at radius 2 is 2.11 bits per heavy atom. The summed E-state index contributed by atoms with van der Waals surface area (Å²) in [5, 5.41) is 7.08. The van der Waals surface area contributed by atoms with Crippen LogP contribution in [0.25, 0.3) is 0 Å². The summed E-state index contributed by atoms with van der Waals surface area (Å²) in [6.45, 7) is 0. The van der Waals surface area contributed by atoms with Crippen molar-refractivity contribution in [3.63, 3.8) is 0 Å². The van der Waals surface area contributed by atoms with Gasteiger partial charge in [0.1, 0.15) is 0 Å². The Morgan fingerprint density at radius 1 is 1.56 bits per heavy atom. The zero-order valence-corrected chi connectivity index (χ0v) is 5.39. The van der Waals surface area contributed by atoms with E-state index >= 15 is 0 Å². The highest BCUT2D eigenvalue weighted by atomic mass is 32.2. The van der Waals surface area contributed by atoms with Crippen molar-refractivity contribution in [2.75, 3.05) is 5.75 Å². The maximum Gasteiger partial charge on any atom is 0.321 e. The van der Waals surface area contributed by atoms with E-state index in [1.54, 1.807) is 0 Å². The van der Waals surface area contributed by atoms with Crippen molar-refractivity contribution >= 4 is 15.8 Å². The summed E-state index contributed by atoms with van der Waals surface area (Å²) in [4.78, 5) is 10.0. The second kappa shape index (κ2) is 1.70. The highest BCUT2D eigenvalue weighted by Crippen LogP contribution is 2.19. The lowest BCUT2D eigenvalue weighted by atomic mass is 10.3. The van der Waals surface area contributed by atoms with Crippen molar-refractivity contribution in [2.24, 2.45) is 0 Å². The van der Waals surface area contributed by atoms with Crippen molar-refractivity contribution < 1.29 is 18.3 Å². The monoisotopic (exact) mass is 150 g/mol. The lowest BCUT2D eigenvalue weighted by Gasteiger charge is -2.20. The fourth-order valence-electron chi connectivity index (χ4n) is 0.705. The van der Waals surface area contributed by atoms with Gasteiger partial charge in [0.2, 0.25) is 0 Å². The van der Waals surface area contributed by atoms with Crippen LogP contribution in [0.5, 0.6) is 0 Å². The molecule has 9 heavy (non-hydrogen) atoms. The van der Waals surface area contributed by atoms with Gasteiger partial charge in [-0.05, 0) is 6.42 Å². The Balaban J connectivity index is 2.79. The van der Waals surface area contributed by atoms with Crippen LogP contribution in [0, 0.1) is 0 Å². The quantitative estimate of drug-likeness (QED) is 0.534. The third-order valence-corrected chi connectivity index (χ3v) is 3.48. The molecule has 1 aliphatic heterocycles. The summed E-state index contributed by atoms with van der Waals surface area (Å²) >= 11 is 0. The van der Waals surface area contributed by atoms with Gasteiger partial charge in [-0.25, -0.2) is 8.42 Å². The Morgan fingerprint density at radius 3 is 2.11 bits per heavy atom. The summed E-state index contributed by atoms with van der Waals surface area (Å²) in [5.74, 6) is -1.19. The Bertz CT molecular complexity index is 227. The van der Waals surface area contributed by atoms with Gasteiger partial charge in [0.15, 0.2) is 15.1 Å². The van der Waals surface area contributed by atoms with Crippen LogP contribution >= 0.6 is 0 Å². The van der Waals surface area contributed by atoms with E-state index in [2.05, 4.69) is 0 Å². The fraction of sp³-hybridized carbons (Fsp3) is 0.750. The molecule has 5 heteroatoms. The van der Waals surface area contributed by atoms with Crippen LogP contribution in [-0.4, -0.2) is 30.5 Å². The first kappa shape index (κ1) is 6.54. The van der Waals surface area contributed by atoms with Gasteiger partial charge in [0.05, 0.1) is 5.75 Å². The van der Waals surface area contributed by atoms with Crippen LogP contribution in [0.1, 0.15) is 6.42 Å². The van der Waals surface area contributed by atoms with Gasteiger partial charge >= 0.3 is 5.97 Å². The van der Waals surface area contributed by atoms with E-state index in [9.17, 15) is 13.2 Å². The first-order valence-corrected chi connectivity index (χ1v) is 4.20. The summed E-state index contributed by atoms with van der Waals surface area (Å²) in [6.07, 6.45) is 0.275. The van der Waals surface area contributed by atoms with Crippen LogP contribution in [0.15, 0.2) is 0 Å². The summed E-state index contributed by atoms with van der Waals surface area (Å²) in [7, 11) is -3.22. The van der Waals surface area contributed by atoms with Gasteiger partial charge in [-0.1, -0.05) is 0 Å². The molecule has 0 aromatic carbocycles. The molecule has 1 unspecified atom stereocenters. The second-order valence-electron chi connectivity index (χ2n) is 1.98. The number of hydrogen-bond donors (Lipinski definition) is 1. The molecule has 52 valence electrons. The van der Waals surface area contributed by atoms with E-state index in [1.807, 2.05) is 0 Å². The minimum Gasteiger partial charge on any atom is -0.480 e. The molecule has 0 bridgehead atoms. The lowest BCUT2D eigenvalue weighted by Crippen LogP contribution is -2.42. The molecule has 0 radical (unpaired) electrons. The van der Waals surface area contributed by atoms with Crippen LogP contribution < -0.4 is 0 Å². The Hall–Kier alpha value is -0.580. The molecule has 0 amide bonds. The Labute approximate surface area is 52.4 Å². The molecule has 0 spiro atoms. The normalized spacial score (nSPS) is 30.9. The smallest absolute Gasteiger partial charge is 0.321 e. The SMILES string of the molecule is O=C(O)C1CCS1(=O)=O. The van der Waals surface area contributed by atoms with Gasteiger partial charge in [0.25, 0.3) is 0 Å². The molecular formula is C4H6O4S. The molecule has 0 aromatic rings. The molecule has 1 heterocycles. The molecule has 1 atom stereocenters. The highest BCUT2D eigenvalue weighted by Gasteiger charge is 2.41. The van der Waals surface area contributed by atoms with E-state index in [0.29, 0.717) is 0 Å². The van der Waals surface area contributed by atoms with Crippen molar-refractivity contribution in [3.05, 3.63) is 0 Å². The number of carboxylic acid groups (broad SMARTS) is 1. The van der Waals surface area contributed by atoms with Crippen molar-refractivity contribution in [3.8, 4) is 0 Å². The summed E-state index contributed by atoms with van der Waals surface area (Å²) < 4.78 is 21.0. The molecule has 0 aromatic heterocycles. The molecule has 4 nitrogen and oxygen atoms in total. The topological polar surface area (TPSA) is 71.4 Å². The van der Waals surface area contributed by atoms with Gasteiger partial charge < -0.3 is 5.11 Å². The van der Waals surface area contributed by atoms with Crippen LogP contribution in [0.2, 0.25) is 0 Å². The number of rotatable bonds is 1. The lowest BCUT2D eigenvalue weighted by molar-refractivity contribution is -0.136. The minimum absolute atomic E-state index is 0.0317. The van der Waals surface area contributed by atoms with Gasteiger partial charge in [-0.2, -0.15) is 0 Å². The zero-order valence-electron chi connectivity index (χ0n) is 4.57. The average molecular weight is 150 g/mol. The van der Waals surface area contributed by atoms with E-state index < -0.39 is 21.1 Å².